The second-order valence-corrected chi connectivity index (χ2v) is 13.1. The highest BCUT2D eigenvalue weighted by atomic mass is 16.5. The van der Waals surface area contributed by atoms with Gasteiger partial charge in [-0.15, -0.1) is 0 Å². The zero-order valence-electron chi connectivity index (χ0n) is 25.7. The van der Waals surface area contributed by atoms with Crippen LogP contribution in [0.4, 0.5) is 0 Å². The Kier molecular flexibility index (Phi) is 9.12. The number of esters is 1. The van der Waals surface area contributed by atoms with Crippen molar-refractivity contribution in [1.29, 1.82) is 0 Å². The first-order valence-electron chi connectivity index (χ1n) is 16.5. The van der Waals surface area contributed by atoms with Crippen molar-refractivity contribution in [2.24, 2.45) is 5.92 Å². The Morgan fingerprint density at radius 3 is 2.30 bits per heavy atom. The molecule has 2 bridgehead atoms. The van der Waals surface area contributed by atoms with Gasteiger partial charge in [0.15, 0.2) is 0 Å². The Hall–Kier alpha value is -3.26. The number of rotatable bonds is 5. The highest BCUT2D eigenvalue weighted by molar-refractivity contribution is 5.78. The Balaban J connectivity index is 1.38. The molecule has 4 atom stereocenters. The predicted octanol–water partition coefficient (Wildman–Crippen LogP) is 6.10. The summed E-state index contributed by atoms with van der Waals surface area (Å²) in [5.41, 5.74) is 1.24. The number of fused-ring (bicyclic) bond motifs is 3. The van der Waals surface area contributed by atoms with Crippen molar-refractivity contribution in [3.05, 3.63) is 63.3 Å². The maximum Gasteiger partial charge on any atom is 0.325 e. The highest BCUT2D eigenvalue weighted by Crippen LogP contribution is 2.44. The molecule has 0 amide bonds. The number of hydrogen-bond donors (Lipinski definition) is 0. The van der Waals surface area contributed by atoms with E-state index in [4.69, 9.17) is 9.72 Å². The fourth-order valence-electron chi connectivity index (χ4n) is 8.25. The number of para-hydroxylation sites is 2. The molecule has 3 aliphatic rings. The molecule has 1 saturated carbocycles. The monoisotopic (exact) mass is 586 g/mol. The number of ether oxygens (including phenoxy) is 1. The molecule has 8 nitrogen and oxygen atoms in total. The third-order valence-corrected chi connectivity index (χ3v) is 10.4. The molecule has 4 heterocycles. The molecule has 3 aromatic rings. The van der Waals surface area contributed by atoms with Crippen LogP contribution in [0.3, 0.4) is 0 Å². The molecule has 8 heteroatoms. The van der Waals surface area contributed by atoms with Crippen molar-refractivity contribution in [1.82, 2.24) is 19.0 Å². The molecular formula is C35H46N4O4. The summed E-state index contributed by atoms with van der Waals surface area (Å²) >= 11 is 0. The minimum Gasteiger partial charge on any atom is -0.468 e. The van der Waals surface area contributed by atoms with Gasteiger partial charge in [-0.25, -0.2) is 4.98 Å². The fourth-order valence-corrected chi connectivity index (χ4v) is 8.25. The first kappa shape index (κ1) is 29.8. The number of pyridine rings is 1. The van der Waals surface area contributed by atoms with Gasteiger partial charge in [0.1, 0.15) is 12.2 Å². The number of methoxy groups -OCH3 is 1. The van der Waals surface area contributed by atoms with Crippen LogP contribution in [-0.4, -0.2) is 50.2 Å². The van der Waals surface area contributed by atoms with Crippen LogP contribution in [0.2, 0.25) is 0 Å². The topological polar surface area (TPSA) is 86.4 Å². The maximum atomic E-state index is 14.4. The van der Waals surface area contributed by atoms with E-state index in [1.54, 1.807) is 18.3 Å². The van der Waals surface area contributed by atoms with Crippen LogP contribution >= 0.6 is 0 Å². The summed E-state index contributed by atoms with van der Waals surface area (Å²) in [7, 11) is 1.29. The average molecular weight is 587 g/mol. The minimum absolute atomic E-state index is 0.0358. The third-order valence-electron chi connectivity index (χ3n) is 10.4. The van der Waals surface area contributed by atoms with Gasteiger partial charge in [0.2, 0.25) is 0 Å². The van der Waals surface area contributed by atoms with Crippen molar-refractivity contribution in [2.45, 2.75) is 121 Å². The Bertz CT molecular complexity index is 1550. The summed E-state index contributed by atoms with van der Waals surface area (Å²) in [6.07, 6.45) is 17.9. The van der Waals surface area contributed by atoms with Gasteiger partial charge in [0.05, 0.1) is 23.7 Å². The van der Waals surface area contributed by atoms with E-state index in [9.17, 15) is 14.4 Å². The second-order valence-electron chi connectivity index (χ2n) is 13.1. The maximum absolute atomic E-state index is 14.4. The van der Waals surface area contributed by atoms with Gasteiger partial charge < -0.3 is 13.9 Å². The van der Waals surface area contributed by atoms with Gasteiger partial charge in [-0.05, 0) is 68.7 Å². The predicted molar refractivity (Wildman–Crippen MR) is 169 cm³/mol. The van der Waals surface area contributed by atoms with Crippen LogP contribution in [-0.2, 0) is 16.1 Å². The minimum atomic E-state index is -0.522. The molecule has 1 aromatic carbocycles. The summed E-state index contributed by atoms with van der Waals surface area (Å²) in [5.74, 6) is 0.0587. The molecule has 1 aliphatic carbocycles. The van der Waals surface area contributed by atoms with E-state index in [1.807, 2.05) is 28.8 Å². The van der Waals surface area contributed by atoms with Gasteiger partial charge in [0.25, 0.3) is 11.1 Å². The summed E-state index contributed by atoms with van der Waals surface area (Å²) in [4.78, 5) is 47.5. The van der Waals surface area contributed by atoms with Gasteiger partial charge in [-0.3, -0.25) is 19.3 Å². The number of benzene rings is 1. The molecule has 0 unspecified atom stereocenters. The zero-order valence-corrected chi connectivity index (χ0v) is 25.7. The highest BCUT2D eigenvalue weighted by Gasteiger charge is 2.45. The first-order valence-corrected chi connectivity index (χ1v) is 16.5. The Morgan fingerprint density at radius 2 is 1.56 bits per heavy atom. The summed E-state index contributed by atoms with van der Waals surface area (Å²) in [5, 5.41) is 0. The molecule has 3 fully saturated rings. The quantitative estimate of drug-likeness (QED) is 0.336. The van der Waals surface area contributed by atoms with Gasteiger partial charge in [-0.2, -0.15) is 0 Å². The molecule has 0 radical (unpaired) electrons. The molecule has 43 heavy (non-hydrogen) atoms. The van der Waals surface area contributed by atoms with E-state index in [0.29, 0.717) is 29.6 Å². The number of nitrogens with zero attached hydrogens (tertiary/aromatic N) is 4. The lowest BCUT2D eigenvalue weighted by atomic mass is 9.74. The van der Waals surface area contributed by atoms with Crippen LogP contribution in [0.5, 0.6) is 0 Å². The van der Waals surface area contributed by atoms with Crippen LogP contribution < -0.4 is 11.1 Å². The van der Waals surface area contributed by atoms with Crippen LogP contribution in [0, 0.1) is 5.92 Å². The Morgan fingerprint density at radius 1 is 0.837 bits per heavy atom. The fraction of sp³-hybridized carbons (Fsp3) is 0.600. The molecule has 0 N–H and O–H groups in total. The van der Waals surface area contributed by atoms with E-state index in [2.05, 4.69) is 11.8 Å². The molecule has 2 aromatic heterocycles. The number of piperidine rings is 2. The lowest BCUT2D eigenvalue weighted by Gasteiger charge is -2.55. The van der Waals surface area contributed by atoms with Crippen LogP contribution in [0.1, 0.15) is 96.4 Å². The zero-order chi connectivity index (χ0) is 29.9. The number of carbonyl (C=O) groups excluding carboxylic acids is 1. The van der Waals surface area contributed by atoms with E-state index in [0.717, 1.165) is 18.4 Å². The first-order chi connectivity index (χ1) is 21.0. The summed E-state index contributed by atoms with van der Waals surface area (Å²) in [6, 6.07) is 12.7. The van der Waals surface area contributed by atoms with Crippen LogP contribution in [0.15, 0.2) is 52.2 Å². The molecular weight excluding hydrogens is 540 g/mol. The summed E-state index contributed by atoms with van der Waals surface area (Å²) < 4.78 is 8.01. The lowest BCUT2D eigenvalue weighted by Crippen LogP contribution is -2.59. The largest absolute Gasteiger partial charge is 0.468 e. The van der Waals surface area contributed by atoms with Crippen molar-refractivity contribution in [3.63, 3.8) is 0 Å². The van der Waals surface area contributed by atoms with Crippen molar-refractivity contribution in [3.8, 4) is 11.3 Å². The van der Waals surface area contributed by atoms with E-state index < -0.39 is 11.5 Å². The third kappa shape index (κ3) is 6.08. The molecule has 2 saturated heterocycles. The van der Waals surface area contributed by atoms with E-state index >= 15 is 0 Å². The number of hydrogen-bond acceptors (Lipinski definition) is 6. The van der Waals surface area contributed by atoms with Gasteiger partial charge >= 0.3 is 5.97 Å². The van der Waals surface area contributed by atoms with Crippen molar-refractivity contribution < 1.29 is 9.53 Å². The molecule has 6 rings (SSSR count). The Labute approximate surface area is 254 Å². The lowest BCUT2D eigenvalue weighted by molar-refractivity contribution is -0.141. The summed E-state index contributed by atoms with van der Waals surface area (Å²) in [6.45, 7) is 2.19. The van der Waals surface area contributed by atoms with Gasteiger partial charge in [-0.1, -0.05) is 64.0 Å². The van der Waals surface area contributed by atoms with Crippen molar-refractivity contribution >= 4 is 17.0 Å². The van der Waals surface area contributed by atoms with E-state index in [1.165, 1.54) is 82.3 Å². The SMILES string of the molecule is COC(=O)Cn1cccc(-c2nc3ccccc3n([C@H]3C[C@H]4CC[C@H](C)[C@@H](C3)N4C3CCCCCCCCC3)c2=O)c1=O. The standard InChI is InChI=1S/C35H46N4O4/c1-24-18-19-26-21-27(22-31(24)38(26)25-13-8-6-4-3-5-7-9-14-25)39-30-17-11-10-16-29(30)36-33(35(39)42)28-15-12-20-37(34(28)41)23-32(40)43-2/h10-12,15-17,20,24-27,31H,3-9,13-14,18-19,21-23H2,1-2H3/t24-,26+,27-,31+/m0/s1. The molecule has 230 valence electrons. The normalized spacial score (nSPS) is 25.8. The molecule has 0 spiro atoms. The van der Waals surface area contributed by atoms with E-state index in [-0.39, 0.29) is 29.4 Å². The average Bonchev–Trinajstić information content (AvgIpc) is 3.02. The van der Waals surface area contributed by atoms with Gasteiger partial charge in [0, 0.05) is 30.4 Å². The van der Waals surface area contributed by atoms with Crippen LogP contribution in [0.25, 0.3) is 22.3 Å². The molecule has 2 aliphatic heterocycles. The second kappa shape index (κ2) is 13.2. The number of aromatic nitrogens is 3. The van der Waals surface area contributed by atoms with Crippen molar-refractivity contribution in [2.75, 3.05) is 7.11 Å². The number of carbonyl (C=O) groups is 1. The smallest absolute Gasteiger partial charge is 0.325 e.